The van der Waals surface area contributed by atoms with Crippen LogP contribution in [0.15, 0.2) is 218 Å². The third-order valence-corrected chi connectivity index (χ3v) is 11.5. The van der Waals surface area contributed by atoms with Gasteiger partial charge in [-0.05, 0) is 78.9 Å². The summed E-state index contributed by atoms with van der Waals surface area (Å²) in [5, 5.41) is 2.68. The van der Waals surface area contributed by atoms with E-state index in [1.165, 1.54) is 66.1 Å². The molecule has 0 nitrogen and oxygen atoms in total. The van der Waals surface area contributed by atoms with E-state index in [1.54, 1.807) is 0 Å². The number of allylic oxidation sites excluding steroid dienone is 4. The van der Waals surface area contributed by atoms with E-state index in [0.717, 1.165) is 12.8 Å². The molecule has 0 amide bonds. The molecule has 0 heterocycles. The van der Waals surface area contributed by atoms with E-state index in [4.69, 9.17) is 0 Å². The van der Waals surface area contributed by atoms with Crippen LogP contribution in [0.1, 0.15) is 56.3 Å². The predicted molar refractivity (Wildman–Crippen MR) is 226 cm³/mol. The maximum Gasteiger partial charge on any atom is 0.0137 e. The summed E-state index contributed by atoms with van der Waals surface area (Å²) in [6.45, 7) is 0. The van der Waals surface area contributed by atoms with Crippen LogP contribution in [0, 0.1) is 11.8 Å². The summed E-state index contributed by atoms with van der Waals surface area (Å²) in [6, 6.07) is 71.7. The van der Waals surface area contributed by atoms with Gasteiger partial charge < -0.3 is 0 Å². The van der Waals surface area contributed by atoms with E-state index in [1.807, 2.05) is 0 Å². The fourth-order valence-electron chi connectivity index (χ4n) is 8.88. The largest absolute Gasteiger partial charge is 0.0760 e. The molecule has 2 unspecified atom stereocenters. The minimum absolute atomic E-state index is 0.257. The zero-order valence-electron chi connectivity index (χ0n) is 30.5. The molecule has 0 bridgehead atoms. The lowest BCUT2D eigenvalue weighted by atomic mass is 9.70. The Bertz CT molecular complexity index is 2250. The molecule has 0 spiro atoms. The molecule has 2 aliphatic carbocycles. The van der Waals surface area contributed by atoms with Crippen molar-refractivity contribution in [2.75, 3.05) is 0 Å². The summed E-state index contributed by atoms with van der Waals surface area (Å²) in [5.41, 5.74) is 13.6. The number of benzene rings is 7. The summed E-state index contributed by atoms with van der Waals surface area (Å²) < 4.78 is 0. The van der Waals surface area contributed by atoms with Gasteiger partial charge in [-0.1, -0.05) is 218 Å². The van der Waals surface area contributed by atoms with Crippen molar-refractivity contribution in [3.8, 4) is 0 Å². The molecule has 0 radical (unpaired) electrons. The highest BCUT2D eigenvalue weighted by molar-refractivity contribution is 5.81. The van der Waals surface area contributed by atoms with Crippen molar-refractivity contribution < 1.29 is 0 Å². The second-order valence-electron chi connectivity index (χ2n) is 14.7. The van der Waals surface area contributed by atoms with Crippen molar-refractivity contribution in [3.63, 3.8) is 0 Å². The van der Waals surface area contributed by atoms with E-state index in [9.17, 15) is 0 Å². The fourth-order valence-corrected chi connectivity index (χ4v) is 8.88. The van der Waals surface area contributed by atoms with Gasteiger partial charge in [-0.2, -0.15) is 0 Å². The van der Waals surface area contributed by atoms with Crippen LogP contribution in [0.25, 0.3) is 11.1 Å². The van der Waals surface area contributed by atoms with E-state index in [0.29, 0.717) is 11.8 Å². The molecule has 260 valence electrons. The molecule has 54 heavy (non-hydrogen) atoms. The van der Waals surface area contributed by atoms with E-state index >= 15 is 0 Å². The first-order valence-electron chi connectivity index (χ1n) is 19.4. The lowest BCUT2D eigenvalue weighted by Gasteiger charge is -2.33. The first-order valence-corrected chi connectivity index (χ1v) is 19.4. The SMILES string of the molecule is C1=CC2C(c3ccc(CC(c4ccccc4)c4ccccc4)cc3)=c3ccccc3=C(c3ccc(CC(c4ccccc4)c4ccccc4)cc3)C2C=C1. The third-order valence-electron chi connectivity index (χ3n) is 11.5. The van der Waals surface area contributed by atoms with Gasteiger partial charge in [0.25, 0.3) is 0 Å². The molecule has 0 heteroatoms. The first kappa shape index (κ1) is 33.6. The number of hydrogen-bond donors (Lipinski definition) is 0. The van der Waals surface area contributed by atoms with Gasteiger partial charge in [-0.3, -0.25) is 0 Å². The second kappa shape index (κ2) is 15.4. The Labute approximate surface area is 319 Å². The lowest BCUT2D eigenvalue weighted by molar-refractivity contribution is 0.686. The van der Waals surface area contributed by atoms with Gasteiger partial charge >= 0.3 is 0 Å². The van der Waals surface area contributed by atoms with E-state index < -0.39 is 0 Å². The number of fused-ring (bicyclic) bond motifs is 2. The Balaban J connectivity index is 1.07. The quantitative estimate of drug-likeness (QED) is 0.134. The average molecular weight is 693 g/mol. The highest BCUT2D eigenvalue weighted by Gasteiger charge is 2.32. The molecule has 0 fully saturated rings. The van der Waals surface area contributed by atoms with Gasteiger partial charge in [0.2, 0.25) is 0 Å². The Morgan fingerprint density at radius 2 is 0.611 bits per heavy atom. The molecule has 0 aromatic heterocycles. The molecular weight excluding hydrogens is 649 g/mol. The van der Waals surface area contributed by atoms with Gasteiger partial charge in [-0.15, -0.1) is 0 Å². The maximum atomic E-state index is 2.42. The van der Waals surface area contributed by atoms with Crippen LogP contribution >= 0.6 is 0 Å². The van der Waals surface area contributed by atoms with Gasteiger partial charge in [0.05, 0.1) is 0 Å². The number of hydrogen-bond acceptors (Lipinski definition) is 0. The lowest BCUT2D eigenvalue weighted by Crippen LogP contribution is -2.40. The molecule has 9 rings (SSSR count). The van der Waals surface area contributed by atoms with Crippen LogP contribution < -0.4 is 10.4 Å². The molecule has 2 aliphatic rings. The normalized spacial score (nSPS) is 16.0. The second-order valence-corrected chi connectivity index (χ2v) is 14.7. The molecule has 2 atom stereocenters. The Kier molecular flexibility index (Phi) is 9.57. The smallest absolute Gasteiger partial charge is 0.0137 e. The minimum atomic E-state index is 0.257. The van der Waals surface area contributed by atoms with E-state index in [-0.39, 0.29) is 11.8 Å². The van der Waals surface area contributed by atoms with Gasteiger partial charge in [0, 0.05) is 23.7 Å². The summed E-state index contributed by atoms with van der Waals surface area (Å²) in [7, 11) is 0. The molecule has 7 aromatic carbocycles. The first-order chi connectivity index (χ1) is 26.8. The van der Waals surface area contributed by atoms with Crippen LogP contribution in [0.3, 0.4) is 0 Å². The van der Waals surface area contributed by atoms with Crippen molar-refractivity contribution >= 4 is 11.1 Å². The highest BCUT2D eigenvalue weighted by Crippen LogP contribution is 2.41. The third kappa shape index (κ3) is 6.84. The van der Waals surface area contributed by atoms with Gasteiger partial charge in [0.15, 0.2) is 0 Å². The van der Waals surface area contributed by atoms with Crippen molar-refractivity contribution in [2.24, 2.45) is 11.8 Å². The van der Waals surface area contributed by atoms with Crippen LogP contribution in [-0.4, -0.2) is 0 Å². The summed E-state index contributed by atoms with van der Waals surface area (Å²) >= 11 is 0. The Hall–Kier alpha value is -6.24. The average Bonchev–Trinajstić information content (AvgIpc) is 3.25. The zero-order chi connectivity index (χ0) is 36.1. The Morgan fingerprint density at radius 1 is 0.315 bits per heavy atom. The van der Waals surface area contributed by atoms with Crippen molar-refractivity contribution in [2.45, 2.75) is 24.7 Å². The molecule has 7 aromatic rings. The zero-order valence-corrected chi connectivity index (χ0v) is 30.5. The molecule has 0 N–H and O–H groups in total. The topological polar surface area (TPSA) is 0 Å². The van der Waals surface area contributed by atoms with Crippen LogP contribution in [-0.2, 0) is 12.8 Å². The highest BCUT2D eigenvalue weighted by atomic mass is 14.3. The summed E-state index contributed by atoms with van der Waals surface area (Å²) in [4.78, 5) is 0. The van der Waals surface area contributed by atoms with Gasteiger partial charge in [0.1, 0.15) is 0 Å². The van der Waals surface area contributed by atoms with E-state index in [2.05, 4.69) is 218 Å². The van der Waals surface area contributed by atoms with Gasteiger partial charge in [-0.25, -0.2) is 0 Å². The Morgan fingerprint density at radius 3 is 0.926 bits per heavy atom. The predicted octanol–water partition coefficient (Wildman–Crippen LogP) is 11.2. The van der Waals surface area contributed by atoms with Crippen LogP contribution in [0.2, 0.25) is 0 Å². The van der Waals surface area contributed by atoms with Crippen molar-refractivity contribution in [3.05, 3.63) is 273 Å². The summed E-state index contributed by atoms with van der Waals surface area (Å²) in [6.07, 6.45) is 11.2. The fraction of sp³-hybridized carbons (Fsp3) is 0.111. The molecule has 0 aliphatic heterocycles. The maximum absolute atomic E-state index is 2.42. The molecule has 0 saturated carbocycles. The molecular formula is C54H44. The van der Waals surface area contributed by atoms with Crippen LogP contribution in [0.4, 0.5) is 0 Å². The number of rotatable bonds is 10. The minimum Gasteiger partial charge on any atom is -0.0760 e. The van der Waals surface area contributed by atoms with Crippen LogP contribution in [0.5, 0.6) is 0 Å². The van der Waals surface area contributed by atoms with Crippen molar-refractivity contribution in [1.82, 2.24) is 0 Å². The summed E-state index contributed by atoms with van der Waals surface area (Å²) in [5.74, 6) is 1.13. The standard InChI is InChI=1S/C54H44/c1-5-17-41(18-6-1)51(42-19-7-2-8-20-42)37-39-29-33-45(34-30-39)53-47-25-13-15-27-49(47)54(50-28-16-14-26-48(50)53)46-35-31-40(32-36-46)38-52(43-21-9-3-10-22-43)44-23-11-4-12-24-44/h1-36,47,49,51-52H,37-38H2. The van der Waals surface area contributed by atoms with Crippen molar-refractivity contribution in [1.29, 1.82) is 0 Å². The monoisotopic (exact) mass is 692 g/mol. The molecule has 0 saturated heterocycles.